The molecule has 0 unspecified atom stereocenters. The first kappa shape index (κ1) is 19.5. The molecule has 0 amide bonds. The van der Waals surface area contributed by atoms with Gasteiger partial charge in [0.2, 0.25) is 5.75 Å². The van der Waals surface area contributed by atoms with Gasteiger partial charge in [0.05, 0.1) is 29.2 Å². The SMILES string of the molecule is COc1cc(C=NNC(N)=S)ccc1Oc1ccc([N+](=O)[O-])cc1[N+](=O)[O-]. The number of methoxy groups -OCH3 is 1. The number of ether oxygens (including phenoxy) is 2. The van der Waals surface area contributed by atoms with E-state index in [1.165, 1.54) is 19.4 Å². The van der Waals surface area contributed by atoms with E-state index in [1.54, 1.807) is 12.1 Å². The number of rotatable bonds is 7. The van der Waals surface area contributed by atoms with Gasteiger partial charge in [-0.2, -0.15) is 5.10 Å². The van der Waals surface area contributed by atoms with E-state index in [0.717, 1.165) is 18.2 Å². The Labute approximate surface area is 157 Å². The van der Waals surface area contributed by atoms with E-state index in [1.807, 2.05) is 0 Å². The van der Waals surface area contributed by atoms with Crippen LogP contribution in [-0.4, -0.2) is 28.3 Å². The lowest BCUT2D eigenvalue weighted by Crippen LogP contribution is -2.23. The summed E-state index contributed by atoms with van der Waals surface area (Å²) in [5.41, 5.74) is 7.30. The van der Waals surface area contributed by atoms with Gasteiger partial charge in [0, 0.05) is 6.07 Å². The van der Waals surface area contributed by atoms with Crippen molar-refractivity contribution in [3.8, 4) is 17.2 Å². The number of thiocarbonyl (C=S) groups is 1. The summed E-state index contributed by atoms with van der Waals surface area (Å²) in [6.45, 7) is 0. The maximum atomic E-state index is 11.2. The summed E-state index contributed by atoms with van der Waals surface area (Å²) >= 11 is 4.62. The number of nitrogens with two attached hydrogens (primary N) is 1. The Kier molecular flexibility index (Phi) is 6.17. The van der Waals surface area contributed by atoms with Crippen molar-refractivity contribution in [2.45, 2.75) is 0 Å². The molecule has 0 bridgehead atoms. The second kappa shape index (κ2) is 8.53. The van der Waals surface area contributed by atoms with Crippen LogP contribution in [0.3, 0.4) is 0 Å². The molecule has 0 aliphatic rings. The molecule has 0 atom stereocenters. The van der Waals surface area contributed by atoms with Gasteiger partial charge in [-0.25, -0.2) is 0 Å². The molecule has 0 aliphatic carbocycles. The Morgan fingerprint density at radius 3 is 2.44 bits per heavy atom. The van der Waals surface area contributed by atoms with Crippen molar-refractivity contribution >= 4 is 34.9 Å². The molecule has 0 aromatic heterocycles. The van der Waals surface area contributed by atoms with Crippen molar-refractivity contribution < 1.29 is 19.3 Å². The number of non-ortho nitro benzene ring substituents is 1. The zero-order chi connectivity index (χ0) is 20.0. The monoisotopic (exact) mass is 391 g/mol. The molecule has 0 spiro atoms. The minimum absolute atomic E-state index is 0.00338. The fourth-order valence-corrected chi connectivity index (χ4v) is 2.04. The molecule has 2 aromatic rings. The molecular weight excluding hydrogens is 378 g/mol. The average molecular weight is 391 g/mol. The standard InChI is InChI=1S/C15H13N5O6S/c1-25-14-6-9(8-17-18-15(16)27)2-4-13(14)26-12-5-3-10(19(21)22)7-11(12)20(23)24/h2-8H,1H3,(H3,16,18,27). The number of hydrogen-bond donors (Lipinski definition) is 2. The van der Waals surface area contributed by atoms with Crippen molar-refractivity contribution in [2.75, 3.05) is 7.11 Å². The summed E-state index contributed by atoms with van der Waals surface area (Å²) in [6, 6.07) is 7.77. The first-order chi connectivity index (χ1) is 12.8. The Morgan fingerprint density at radius 2 is 1.85 bits per heavy atom. The Morgan fingerprint density at radius 1 is 1.15 bits per heavy atom. The van der Waals surface area contributed by atoms with Crippen molar-refractivity contribution in [3.63, 3.8) is 0 Å². The number of nitro groups is 2. The summed E-state index contributed by atoms with van der Waals surface area (Å²) in [7, 11) is 1.39. The number of hydrogen-bond acceptors (Lipinski definition) is 8. The van der Waals surface area contributed by atoms with Crippen LogP contribution in [0.25, 0.3) is 0 Å². The largest absolute Gasteiger partial charge is 0.493 e. The third-order valence-electron chi connectivity index (χ3n) is 3.15. The van der Waals surface area contributed by atoms with Gasteiger partial charge < -0.3 is 15.2 Å². The van der Waals surface area contributed by atoms with Crippen LogP contribution in [0.15, 0.2) is 41.5 Å². The molecule has 0 aliphatic heterocycles. The maximum absolute atomic E-state index is 11.2. The Bertz CT molecular complexity index is 933. The van der Waals surface area contributed by atoms with Gasteiger partial charge in [-0.1, -0.05) is 0 Å². The summed E-state index contributed by atoms with van der Waals surface area (Å²) in [5.74, 6) is 0.274. The van der Waals surface area contributed by atoms with E-state index >= 15 is 0 Å². The first-order valence-electron chi connectivity index (χ1n) is 7.19. The summed E-state index contributed by atoms with van der Waals surface area (Å²) in [4.78, 5) is 20.5. The number of hydrazone groups is 1. The van der Waals surface area contributed by atoms with Gasteiger partial charge >= 0.3 is 5.69 Å². The molecule has 2 rings (SSSR count). The third kappa shape index (κ3) is 5.09. The highest BCUT2D eigenvalue weighted by atomic mass is 32.1. The quantitative estimate of drug-likeness (QED) is 0.313. The second-order valence-electron chi connectivity index (χ2n) is 4.91. The van der Waals surface area contributed by atoms with Crippen molar-refractivity contribution in [2.24, 2.45) is 10.8 Å². The molecule has 3 N–H and O–H groups in total. The van der Waals surface area contributed by atoms with Crippen LogP contribution in [-0.2, 0) is 0 Å². The van der Waals surface area contributed by atoms with Crippen LogP contribution < -0.4 is 20.6 Å². The Hall–Kier alpha value is -3.80. The van der Waals surface area contributed by atoms with Crippen LogP contribution >= 0.6 is 12.2 Å². The second-order valence-corrected chi connectivity index (χ2v) is 5.35. The predicted molar refractivity (Wildman–Crippen MR) is 100 cm³/mol. The highest BCUT2D eigenvalue weighted by Gasteiger charge is 2.22. The van der Waals surface area contributed by atoms with E-state index < -0.39 is 21.2 Å². The van der Waals surface area contributed by atoms with Gasteiger partial charge in [0.15, 0.2) is 16.6 Å². The Balaban J connectivity index is 2.34. The lowest BCUT2D eigenvalue weighted by atomic mass is 10.2. The lowest BCUT2D eigenvalue weighted by molar-refractivity contribution is -0.394. The third-order valence-corrected chi connectivity index (χ3v) is 3.24. The van der Waals surface area contributed by atoms with E-state index in [2.05, 4.69) is 22.7 Å². The maximum Gasteiger partial charge on any atom is 0.318 e. The molecule has 0 fully saturated rings. The number of nitrogens with zero attached hydrogens (tertiary/aromatic N) is 3. The predicted octanol–water partition coefficient (Wildman–Crippen LogP) is 2.47. The van der Waals surface area contributed by atoms with Gasteiger partial charge in [0.25, 0.3) is 5.69 Å². The van der Waals surface area contributed by atoms with E-state index in [-0.39, 0.29) is 22.4 Å². The van der Waals surface area contributed by atoms with Crippen LogP contribution in [0.4, 0.5) is 11.4 Å². The van der Waals surface area contributed by atoms with Crippen LogP contribution in [0, 0.1) is 20.2 Å². The molecule has 11 nitrogen and oxygen atoms in total. The molecule has 12 heteroatoms. The molecule has 0 saturated heterocycles. The minimum Gasteiger partial charge on any atom is -0.493 e. The van der Waals surface area contributed by atoms with Crippen molar-refractivity contribution in [3.05, 3.63) is 62.2 Å². The zero-order valence-corrected chi connectivity index (χ0v) is 14.6. The number of nitro benzene ring substituents is 2. The normalized spacial score (nSPS) is 10.4. The van der Waals surface area contributed by atoms with Crippen molar-refractivity contribution in [1.29, 1.82) is 0 Å². The minimum atomic E-state index is -0.767. The van der Waals surface area contributed by atoms with Crippen molar-refractivity contribution in [1.82, 2.24) is 5.43 Å². The highest BCUT2D eigenvalue weighted by molar-refractivity contribution is 7.80. The summed E-state index contributed by atoms with van der Waals surface area (Å²) in [6.07, 6.45) is 1.43. The summed E-state index contributed by atoms with van der Waals surface area (Å²) in [5, 5.41) is 25.8. The molecule has 2 aromatic carbocycles. The van der Waals surface area contributed by atoms with Gasteiger partial charge in [0.1, 0.15) is 0 Å². The summed E-state index contributed by atoms with van der Waals surface area (Å²) < 4.78 is 10.7. The van der Waals surface area contributed by atoms with Gasteiger partial charge in [-0.05, 0) is 42.0 Å². The topological polar surface area (TPSA) is 155 Å². The first-order valence-corrected chi connectivity index (χ1v) is 7.60. The van der Waals surface area contributed by atoms with E-state index in [9.17, 15) is 20.2 Å². The molecule has 0 radical (unpaired) electrons. The smallest absolute Gasteiger partial charge is 0.318 e. The molecule has 27 heavy (non-hydrogen) atoms. The molecule has 140 valence electrons. The molecular formula is C15H13N5O6S. The van der Waals surface area contributed by atoms with Gasteiger partial charge in [-0.15, -0.1) is 0 Å². The highest BCUT2D eigenvalue weighted by Crippen LogP contribution is 2.38. The van der Waals surface area contributed by atoms with Crippen LogP contribution in [0.1, 0.15) is 5.56 Å². The molecule has 0 saturated carbocycles. The van der Waals surface area contributed by atoms with Gasteiger partial charge in [-0.3, -0.25) is 25.7 Å². The van der Waals surface area contributed by atoms with E-state index in [0.29, 0.717) is 5.56 Å². The zero-order valence-electron chi connectivity index (χ0n) is 13.8. The lowest BCUT2D eigenvalue weighted by Gasteiger charge is -2.11. The van der Waals surface area contributed by atoms with Crippen LogP contribution in [0.2, 0.25) is 0 Å². The molecule has 0 heterocycles. The van der Waals surface area contributed by atoms with Crippen LogP contribution in [0.5, 0.6) is 17.2 Å². The average Bonchev–Trinajstić information content (AvgIpc) is 2.62. The fraction of sp³-hybridized carbons (Fsp3) is 0.0667. The van der Waals surface area contributed by atoms with E-state index in [4.69, 9.17) is 15.2 Å². The fourth-order valence-electron chi connectivity index (χ4n) is 1.99. The number of nitrogens with one attached hydrogen (secondary N) is 1. The number of benzene rings is 2.